The summed E-state index contributed by atoms with van der Waals surface area (Å²) in [7, 11) is -3.84. The zero-order valence-corrected chi connectivity index (χ0v) is 17.3. The number of hydrogen-bond acceptors (Lipinski definition) is 5. The number of carbonyl (C=O) groups excluding carboxylic acids is 1. The lowest BCUT2D eigenvalue weighted by atomic mass is 10.2. The van der Waals surface area contributed by atoms with Gasteiger partial charge in [-0.15, -0.1) is 0 Å². The number of nitrogens with zero attached hydrogens (tertiary/aromatic N) is 1. The Labute approximate surface area is 179 Å². The van der Waals surface area contributed by atoms with Crippen LogP contribution < -0.4 is 15.4 Å². The van der Waals surface area contributed by atoms with E-state index < -0.39 is 21.9 Å². The van der Waals surface area contributed by atoms with Crippen molar-refractivity contribution in [1.29, 1.82) is 5.26 Å². The lowest BCUT2D eigenvalue weighted by molar-refractivity contribution is -0.116. The average molecular weight is 438 g/mol. The lowest BCUT2D eigenvalue weighted by Gasteiger charge is -2.16. The van der Waals surface area contributed by atoms with Gasteiger partial charge in [-0.2, -0.15) is 5.26 Å². The minimum atomic E-state index is -3.84. The Hall–Kier alpha value is -3.90. The van der Waals surface area contributed by atoms with Crippen molar-refractivity contribution in [2.24, 2.45) is 0 Å². The molecule has 0 heterocycles. The van der Waals surface area contributed by atoms with Crippen LogP contribution in [-0.2, 0) is 14.8 Å². The van der Waals surface area contributed by atoms with E-state index in [0.29, 0.717) is 22.6 Å². The maximum absolute atomic E-state index is 13.0. The molecule has 3 rings (SSSR count). The number of carbonyl (C=O) groups is 1. The molecule has 158 valence electrons. The molecule has 0 unspecified atom stereocenters. The molecule has 31 heavy (non-hydrogen) atoms. The number of nitrogens with one attached hydrogen (secondary N) is 3. The molecule has 3 N–H and O–H groups in total. The van der Waals surface area contributed by atoms with Gasteiger partial charge in [0.25, 0.3) is 10.0 Å². The van der Waals surface area contributed by atoms with E-state index in [1.807, 2.05) is 6.07 Å². The molecule has 0 radical (unpaired) electrons. The first-order chi connectivity index (χ1) is 14.8. The summed E-state index contributed by atoms with van der Waals surface area (Å²) in [5.41, 5.74) is 1.89. The van der Waals surface area contributed by atoms with E-state index in [9.17, 15) is 17.6 Å². The average Bonchev–Trinajstić information content (AvgIpc) is 2.75. The summed E-state index contributed by atoms with van der Waals surface area (Å²) in [6, 6.07) is 18.9. The molecule has 0 saturated heterocycles. The summed E-state index contributed by atoms with van der Waals surface area (Å²) in [4.78, 5) is 12.3. The summed E-state index contributed by atoms with van der Waals surface area (Å²) in [5, 5.41) is 14.7. The van der Waals surface area contributed by atoms with Crippen molar-refractivity contribution in [1.82, 2.24) is 0 Å². The van der Waals surface area contributed by atoms with Gasteiger partial charge in [0, 0.05) is 17.1 Å². The minimum absolute atomic E-state index is 0.0538. The molecule has 0 aromatic heterocycles. The number of amides is 1. The Balaban J connectivity index is 1.61. The van der Waals surface area contributed by atoms with E-state index in [0.717, 1.165) is 12.1 Å². The number of nitriles is 1. The van der Waals surface area contributed by atoms with Gasteiger partial charge in [-0.05, 0) is 73.7 Å². The highest BCUT2D eigenvalue weighted by atomic mass is 32.2. The van der Waals surface area contributed by atoms with Crippen molar-refractivity contribution in [3.05, 3.63) is 84.2 Å². The first kappa shape index (κ1) is 21.8. The first-order valence-electron chi connectivity index (χ1n) is 9.23. The standard InChI is InChI=1S/C22H19FN4O3S/c1-15(22(28)26-20-4-2-3-16(13-20)14-24)25-18-7-9-19(10-8-18)27-31(29,30)21-11-5-17(23)6-12-21/h2-13,15,25,27H,1H3,(H,26,28)/t15-/m1/s1. The van der Waals surface area contributed by atoms with E-state index in [1.165, 1.54) is 12.1 Å². The summed E-state index contributed by atoms with van der Waals surface area (Å²) in [5.74, 6) is -0.818. The SMILES string of the molecule is C[C@@H](Nc1ccc(NS(=O)(=O)c2ccc(F)cc2)cc1)C(=O)Nc1cccc(C#N)c1. The summed E-state index contributed by atoms with van der Waals surface area (Å²) in [6.07, 6.45) is 0. The van der Waals surface area contributed by atoms with Crippen LogP contribution in [0.3, 0.4) is 0 Å². The van der Waals surface area contributed by atoms with Crippen LogP contribution in [0.2, 0.25) is 0 Å². The zero-order chi connectivity index (χ0) is 22.4. The van der Waals surface area contributed by atoms with Crippen molar-refractivity contribution in [3.63, 3.8) is 0 Å². The Bertz CT molecular complexity index is 1220. The third-order valence-electron chi connectivity index (χ3n) is 4.30. The molecule has 0 saturated carbocycles. The van der Waals surface area contributed by atoms with E-state index in [4.69, 9.17) is 5.26 Å². The smallest absolute Gasteiger partial charge is 0.261 e. The highest BCUT2D eigenvalue weighted by molar-refractivity contribution is 7.92. The fraction of sp³-hybridized carbons (Fsp3) is 0.0909. The molecule has 0 aliphatic carbocycles. The van der Waals surface area contributed by atoms with Gasteiger partial charge < -0.3 is 10.6 Å². The number of anilines is 3. The lowest BCUT2D eigenvalue weighted by Crippen LogP contribution is -2.31. The highest BCUT2D eigenvalue weighted by Crippen LogP contribution is 2.19. The molecule has 0 spiro atoms. The number of hydrogen-bond donors (Lipinski definition) is 3. The van der Waals surface area contributed by atoms with Crippen molar-refractivity contribution in [2.45, 2.75) is 17.9 Å². The minimum Gasteiger partial charge on any atom is -0.374 e. The van der Waals surface area contributed by atoms with Gasteiger partial charge in [0.05, 0.1) is 16.5 Å². The van der Waals surface area contributed by atoms with Gasteiger partial charge in [0.1, 0.15) is 11.9 Å². The maximum atomic E-state index is 13.0. The normalized spacial score (nSPS) is 11.8. The van der Waals surface area contributed by atoms with Crippen LogP contribution >= 0.6 is 0 Å². The second kappa shape index (κ2) is 9.28. The molecule has 7 nitrogen and oxygen atoms in total. The van der Waals surface area contributed by atoms with Crippen LogP contribution in [0.4, 0.5) is 21.5 Å². The molecule has 0 bridgehead atoms. The van der Waals surface area contributed by atoms with Gasteiger partial charge in [-0.3, -0.25) is 9.52 Å². The van der Waals surface area contributed by atoms with Crippen molar-refractivity contribution < 1.29 is 17.6 Å². The van der Waals surface area contributed by atoms with Crippen molar-refractivity contribution in [3.8, 4) is 6.07 Å². The van der Waals surface area contributed by atoms with Crippen LogP contribution in [-0.4, -0.2) is 20.4 Å². The number of halogens is 1. The van der Waals surface area contributed by atoms with E-state index in [1.54, 1.807) is 55.5 Å². The van der Waals surface area contributed by atoms with Crippen LogP contribution in [0.1, 0.15) is 12.5 Å². The molecule has 0 fully saturated rings. The largest absolute Gasteiger partial charge is 0.374 e. The molecule has 0 aliphatic rings. The van der Waals surface area contributed by atoms with E-state index in [-0.39, 0.29) is 10.8 Å². The molecule has 1 atom stereocenters. The molecular weight excluding hydrogens is 419 g/mol. The highest BCUT2D eigenvalue weighted by Gasteiger charge is 2.15. The Kier molecular flexibility index (Phi) is 6.52. The predicted octanol–water partition coefficient (Wildman–Crippen LogP) is 3.94. The second-order valence-electron chi connectivity index (χ2n) is 6.68. The quantitative estimate of drug-likeness (QED) is 0.517. The monoisotopic (exact) mass is 438 g/mol. The Morgan fingerprint density at radius 2 is 1.61 bits per heavy atom. The zero-order valence-electron chi connectivity index (χ0n) is 16.5. The first-order valence-corrected chi connectivity index (χ1v) is 10.7. The summed E-state index contributed by atoms with van der Waals surface area (Å²) >= 11 is 0. The molecule has 3 aromatic rings. The third kappa shape index (κ3) is 5.81. The van der Waals surface area contributed by atoms with Crippen LogP contribution in [0, 0.1) is 17.1 Å². The predicted molar refractivity (Wildman–Crippen MR) is 117 cm³/mol. The topological polar surface area (TPSA) is 111 Å². The van der Waals surface area contributed by atoms with E-state index >= 15 is 0 Å². The fourth-order valence-electron chi connectivity index (χ4n) is 2.69. The third-order valence-corrected chi connectivity index (χ3v) is 5.69. The van der Waals surface area contributed by atoms with Gasteiger partial charge >= 0.3 is 0 Å². The summed E-state index contributed by atoms with van der Waals surface area (Å²) < 4.78 is 40.1. The molecule has 1 amide bonds. The van der Waals surface area contributed by atoms with Crippen LogP contribution in [0.25, 0.3) is 0 Å². The van der Waals surface area contributed by atoms with Gasteiger partial charge in [-0.25, -0.2) is 12.8 Å². The van der Waals surface area contributed by atoms with Crippen LogP contribution in [0.5, 0.6) is 0 Å². The van der Waals surface area contributed by atoms with Gasteiger partial charge in [0.2, 0.25) is 5.91 Å². The molecule has 3 aromatic carbocycles. The summed E-state index contributed by atoms with van der Waals surface area (Å²) in [6.45, 7) is 1.68. The second-order valence-corrected chi connectivity index (χ2v) is 8.37. The number of rotatable bonds is 7. The van der Waals surface area contributed by atoms with Gasteiger partial charge in [-0.1, -0.05) is 6.07 Å². The Morgan fingerprint density at radius 1 is 0.968 bits per heavy atom. The van der Waals surface area contributed by atoms with Crippen molar-refractivity contribution in [2.75, 3.05) is 15.4 Å². The fourth-order valence-corrected chi connectivity index (χ4v) is 3.75. The number of sulfonamides is 1. The molecular formula is C22H19FN4O3S. The number of benzene rings is 3. The maximum Gasteiger partial charge on any atom is 0.261 e. The van der Waals surface area contributed by atoms with E-state index in [2.05, 4.69) is 15.4 Å². The van der Waals surface area contributed by atoms with Crippen LogP contribution in [0.15, 0.2) is 77.7 Å². The molecule has 0 aliphatic heterocycles. The van der Waals surface area contributed by atoms with Crippen molar-refractivity contribution >= 4 is 33.0 Å². The Morgan fingerprint density at radius 3 is 2.26 bits per heavy atom. The van der Waals surface area contributed by atoms with Gasteiger partial charge in [0.15, 0.2) is 0 Å². The molecule has 9 heteroatoms.